The van der Waals surface area contributed by atoms with Gasteiger partial charge in [0.2, 0.25) is 6.79 Å². The van der Waals surface area contributed by atoms with Crippen molar-refractivity contribution in [2.45, 2.75) is 44.2 Å². The lowest BCUT2D eigenvalue weighted by molar-refractivity contribution is -0.132. The fourth-order valence-corrected chi connectivity index (χ4v) is 4.95. The van der Waals surface area contributed by atoms with Crippen molar-refractivity contribution < 1.29 is 23.8 Å². The van der Waals surface area contributed by atoms with Crippen molar-refractivity contribution in [1.29, 1.82) is 0 Å². The third-order valence-electron chi connectivity index (χ3n) is 6.91. The Morgan fingerprint density at radius 1 is 1.06 bits per heavy atom. The third-order valence-corrected chi connectivity index (χ3v) is 6.91. The molecule has 2 atom stereocenters. The van der Waals surface area contributed by atoms with Gasteiger partial charge in [-0.2, -0.15) is 0 Å². The topological polar surface area (TPSA) is 80.3 Å². The summed E-state index contributed by atoms with van der Waals surface area (Å²) in [7, 11) is 1.65. The maximum absolute atomic E-state index is 13.6. The summed E-state index contributed by atoms with van der Waals surface area (Å²) in [6.45, 7) is 2.98. The maximum Gasteiger partial charge on any atom is 0.326 e. The van der Waals surface area contributed by atoms with Crippen LogP contribution in [0.15, 0.2) is 42.5 Å². The van der Waals surface area contributed by atoms with Gasteiger partial charge < -0.3 is 19.5 Å². The van der Waals surface area contributed by atoms with Crippen LogP contribution < -0.4 is 19.5 Å². The van der Waals surface area contributed by atoms with E-state index >= 15 is 0 Å². The van der Waals surface area contributed by atoms with E-state index in [1.165, 1.54) is 10.5 Å². The molecular weight excluding hydrogens is 422 g/mol. The van der Waals surface area contributed by atoms with E-state index in [1.807, 2.05) is 12.1 Å². The number of hydrogen-bond donors (Lipinski definition) is 1. The summed E-state index contributed by atoms with van der Waals surface area (Å²) < 4.78 is 16.2. The van der Waals surface area contributed by atoms with Gasteiger partial charge in [-0.05, 0) is 55.2 Å². The van der Waals surface area contributed by atoms with Crippen LogP contribution in [0.3, 0.4) is 0 Å². The van der Waals surface area contributed by atoms with Crippen LogP contribution in [0.5, 0.6) is 17.2 Å². The van der Waals surface area contributed by atoms with E-state index in [4.69, 9.17) is 14.2 Å². The van der Waals surface area contributed by atoms with Crippen LogP contribution >= 0.6 is 0 Å². The Balaban J connectivity index is 1.38. The summed E-state index contributed by atoms with van der Waals surface area (Å²) in [5.74, 6) is 1.78. The van der Waals surface area contributed by atoms with Crippen molar-refractivity contribution in [1.82, 2.24) is 15.1 Å². The molecule has 0 aromatic heterocycles. The number of urea groups is 1. The quantitative estimate of drug-likeness (QED) is 0.698. The normalized spacial score (nSPS) is 25.2. The highest BCUT2D eigenvalue weighted by molar-refractivity contribution is 6.07. The smallest absolute Gasteiger partial charge is 0.326 e. The zero-order chi connectivity index (χ0) is 23.0. The van der Waals surface area contributed by atoms with E-state index in [0.29, 0.717) is 17.1 Å². The number of amides is 3. The lowest BCUT2D eigenvalue weighted by atomic mass is 9.91. The number of fused-ring (bicyclic) bond motifs is 1. The molecule has 174 valence electrons. The van der Waals surface area contributed by atoms with Crippen LogP contribution in [0.25, 0.3) is 0 Å². The lowest BCUT2D eigenvalue weighted by Crippen LogP contribution is -2.45. The van der Waals surface area contributed by atoms with E-state index in [-0.39, 0.29) is 31.4 Å². The Morgan fingerprint density at radius 2 is 1.85 bits per heavy atom. The van der Waals surface area contributed by atoms with Crippen molar-refractivity contribution in [2.24, 2.45) is 0 Å². The fraction of sp³-hybridized carbons (Fsp3) is 0.440. The maximum atomic E-state index is 13.6. The highest BCUT2D eigenvalue weighted by atomic mass is 16.7. The summed E-state index contributed by atoms with van der Waals surface area (Å²) in [5, 5.41) is 2.91. The minimum absolute atomic E-state index is 0.136. The number of benzene rings is 2. The third kappa shape index (κ3) is 3.88. The summed E-state index contributed by atoms with van der Waals surface area (Å²) in [6.07, 6.45) is 4.27. The molecule has 33 heavy (non-hydrogen) atoms. The van der Waals surface area contributed by atoms with Gasteiger partial charge in [0, 0.05) is 12.6 Å². The molecule has 8 nitrogen and oxygen atoms in total. The number of rotatable bonds is 5. The summed E-state index contributed by atoms with van der Waals surface area (Å²) >= 11 is 0. The molecule has 0 unspecified atom stereocenters. The molecule has 0 radical (unpaired) electrons. The van der Waals surface area contributed by atoms with E-state index in [2.05, 4.69) is 22.3 Å². The highest BCUT2D eigenvalue weighted by Crippen LogP contribution is 2.38. The molecule has 0 spiro atoms. The van der Waals surface area contributed by atoms with Gasteiger partial charge in [-0.3, -0.25) is 9.69 Å². The molecular formula is C25H29N3O5. The molecule has 2 saturated heterocycles. The molecule has 5 rings (SSSR count). The lowest BCUT2D eigenvalue weighted by Gasteiger charge is -2.33. The average Bonchev–Trinajstić information content (AvgIpc) is 3.29. The van der Waals surface area contributed by atoms with Gasteiger partial charge in [0.1, 0.15) is 11.3 Å². The van der Waals surface area contributed by atoms with E-state index in [0.717, 1.165) is 38.0 Å². The number of nitrogens with zero attached hydrogens (tertiary/aromatic N) is 2. The molecule has 3 aliphatic heterocycles. The van der Waals surface area contributed by atoms with Crippen molar-refractivity contribution in [3.05, 3.63) is 53.6 Å². The SMILES string of the molecule is COc1ccc([C@@H]2CCCCCN2CN2C(=O)N[C@](C)(c3ccc4c(c3)OCO4)C2=O)cc1. The molecule has 8 heteroatoms. The Hall–Kier alpha value is -3.26. The van der Waals surface area contributed by atoms with Crippen molar-refractivity contribution in [2.75, 3.05) is 27.1 Å². The van der Waals surface area contributed by atoms with Crippen LogP contribution in [-0.4, -0.2) is 48.9 Å². The number of ether oxygens (including phenoxy) is 3. The Labute approximate surface area is 193 Å². The van der Waals surface area contributed by atoms with E-state index in [9.17, 15) is 9.59 Å². The minimum Gasteiger partial charge on any atom is -0.497 e. The number of imide groups is 1. The van der Waals surface area contributed by atoms with Gasteiger partial charge in [0.15, 0.2) is 11.5 Å². The van der Waals surface area contributed by atoms with Crippen LogP contribution in [-0.2, 0) is 10.3 Å². The Bertz CT molecular complexity index is 1060. The van der Waals surface area contributed by atoms with Gasteiger partial charge >= 0.3 is 6.03 Å². The number of carbonyl (C=O) groups is 2. The first-order valence-electron chi connectivity index (χ1n) is 11.4. The predicted octanol–water partition coefficient (Wildman–Crippen LogP) is 3.77. The molecule has 3 amide bonds. The molecule has 3 heterocycles. The standard InChI is InChI=1S/C25H29N3O5/c1-25(18-9-12-21-22(14-18)33-16-32-21)23(29)28(24(30)26-25)15-27-13-5-3-4-6-20(27)17-7-10-19(31-2)11-8-17/h7-12,14,20H,3-6,13,15-16H2,1-2H3,(H,26,30)/t20-,25+/m0/s1. The first-order chi connectivity index (χ1) is 16.0. The van der Waals surface area contributed by atoms with Crippen LogP contribution in [0.4, 0.5) is 4.79 Å². The highest BCUT2D eigenvalue weighted by Gasteiger charge is 2.50. The number of nitrogens with one attached hydrogen (secondary N) is 1. The van der Waals surface area contributed by atoms with Crippen molar-refractivity contribution in [3.8, 4) is 17.2 Å². The Kier molecular flexibility index (Phi) is 5.62. The predicted molar refractivity (Wildman–Crippen MR) is 121 cm³/mol. The molecule has 2 fully saturated rings. The first kappa shape index (κ1) is 21.6. The summed E-state index contributed by atoms with van der Waals surface area (Å²) in [5.41, 5.74) is 0.693. The zero-order valence-corrected chi connectivity index (χ0v) is 19.0. The van der Waals surface area contributed by atoms with Gasteiger partial charge in [-0.15, -0.1) is 0 Å². The second kappa shape index (κ2) is 8.59. The number of likely N-dealkylation sites (tertiary alicyclic amines) is 1. The second-order valence-electron chi connectivity index (χ2n) is 8.95. The molecule has 1 N–H and O–H groups in total. The summed E-state index contributed by atoms with van der Waals surface area (Å²) in [4.78, 5) is 30.1. The second-order valence-corrected chi connectivity index (χ2v) is 8.95. The van der Waals surface area contributed by atoms with Gasteiger partial charge in [0.25, 0.3) is 5.91 Å². The van der Waals surface area contributed by atoms with Crippen LogP contribution in [0.2, 0.25) is 0 Å². The molecule has 2 aromatic carbocycles. The number of carbonyl (C=O) groups excluding carboxylic acids is 2. The van der Waals surface area contributed by atoms with Gasteiger partial charge in [-0.1, -0.05) is 31.0 Å². The molecule has 0 bridgehead atoms. The minimum atomic E-state index is -1.15. The monoisotopic (exact) mass is 451 g/mol. The van der Waals surface area contributed by atoms with Gasteiger partial charge in [-0.25, -0.2) is 9.69 Å². The average molecular weight is 452 g/mol. The van der Waals surface area contributed by atoms with Crippen molar-refractivity contribution in [3.63, 3.8) is 0 Å². The summed E-state index contributed by atoms with van der Waals surface area (Å²) in [6, 6.07) is 13.2. The molecule has 3 aliphatic rings. The molecule has 0 aliphatic carbocycles. The Morgan fingerprint density at radius 3 is 2.64 bits per heavy atom. The van der Waals surface area contributed by atoms with Crippen LogP contribution in [0, 0.1) is 0 Å². The van der Waals surface area contributed by atoms with Crippen molar-refractivity contribution >= 4 is 11.9 Å². The first-order valence-corrected chi connectivity index (χ1v) is 11.4. The zero-order valence-electron chi connectivity index (χ0n) is 19.0. The number of hydrogen-bond acceptors (Lipinski definition) is 6. The van der Waals surface area contributed by atoms with E-state index < -0.39 is 5.54 Å². The largest absolute Gasteiger partial charge is 0.497 e. The molecule has 0 saturated carbocycles. The fourth-order valence-electron chi connectivity index (χ4n) is 4.95. The van der Waals surface area contributed by atoms with Gasteiger partial charge in [0.05, 0.1) is 13.8 Å². The van der Waals surface area contributed by atoms with E-state index in [1.54, 1.807) is 32.2 Å². The molecule has 2 aromatic rings. The van der Waals surface area contributed by atoms with Crippen LogP contribution in [0.1, 0.15) is 49.8 Å². The number of methoxy groups -OCH3 is 1.